The molecule has 0 spiro atoms. The van der Waals surface area contributed by atoms with Crippen LogP contribution in [0.1, 0.15) is 19.8 Å². The Balaban J connectivity index is 3.94. The minimum atomic E-state index is -0.515. The first kappa shape index (κ1) is 13.6. The van der Waals surface area contributed by atoms with Gasteiger partial charge in [0.2, 0.25) is 11.8 Å². The topological polar surface area (TPSA) is 106 Å². The van der Waals surface area contributed by atoms with Gasteiger partial charge in [0.25, 0.3) is 0 Å². The second-order valence-electron chi connectivity index (χ2n) is 3.45. The standard InChI is InChI=1S/C9H17N3O3/c1-7(13)3-2-4-12(5-8(10)14)6-9(11)15/h2-6H2,1H3,(H2,10,14)(H2,11,15). The monoisotopic (exact) mass is 215 g/mol. The van der Waals surface area contributed by atoms with Crippen molar-refractivity contribution in [2.24, 2.45) is 11.5 Å². The summed E-state index contributed by atoms with van der Waals surface area (Å²) in [5.41, 5.74) is 10.0. The lowest BCUT2D eigenvalue weighted by atomic mass is 10.2. The molecule has 4 N–H and O–H groups in total. The highest BCUT2D eigenvalue weighted by Crippen LogP contribution is 1.95. The average Bonchev–Trinajstić information content (AvgIpc) is 2.00. The van der Waals surface area contributed by atoms with E-state index >= 15 is 0 Å². The van der Waals surface area contributed by atoms with Gasteiger partial charge in [-0.1, -0.05) is 0 Å². The molecular weight excluding hydrogens is 198 g/mol. The molecule has 0 bridgehead atoms. The lowest BCUT2D eigenvalue weighted by Gasteiger charge is -2.18. The number of Topliss-reactive ketones (excluding diaryl/α,β-unsaturated/α-hetero) is 1. The fraction of sp³-hybridized carbons (Fsp3) is 0.667. The Kier molecular flexibility index (Phi) is 6.28. The van der Waals surface area contributed by atoms with Crippen LogP contribution in [0.5, 0.6) is 0 Å². The predicted octanol–water partition coefficient (Wildman–Crippen LogP) is -1.37. The molecule has 0 aliphatic carbocycles. The Hall–Kier alpha value is -1.43. The van der Waals surface area contributed by atoms with E-state index in [4.69, 9.17) is 11.5 Å². The van der Waals surface area contributed by atoms with Gasteiger partial charge >= 0.3 is 0 Å². The minimum Gasteiger partial charge on any atom is -0.369 e. The summed E-state index contributed by atoms with van der Waals surface area (Å²) in [4.78, 5) is 33.5. The van der Waals surface area contributed by atoms with E-state index in [-0.39, 0.29) is 18.9 Å². The molecular formula is C9H17N3O3. The Bertz CT molecular complexity index is 237. The molecule has 0 aromatic heterocycles. The molecule has 0 saturated carbocycles. The number of hydrogen-bond acceptors (Lipinski definition) is 4. The fourth-order valence-electron chi connectivity index (χ4n) is 1.21. The van der Waals surface area contributed by atoms with Gasteiger partial charge in [0.15, 0.2) is 0 Å². The molecule has 86 valence electrons. The van der Waals surface area contributed by atoms with Crippen LogP contribution in [-0.2, 0) is 14.4 Å². The lowest BCUT2D eigenvalue weighted by molar-refractivity contribution is -0.121. The van der Waals surface area contributed by atoms with E-state index in [1.165, 1.54) is 11.8 Å². The van der Waals surface area contributed by atoms with Gasteiger partial charge in [0.05, 0.1) is 13.1 Å². The molecule has 0 saturated heterocycles. The van der Waals surface area contributed by atoms with Crippen LogP contribution in [-0.4, -0.2) is 42.1 Å². The summed E-state index contributed by atoms with van der Waals surface area (Å²) in [5.74, 6) is -0.953. The van der Waals surface area contributed by atoms with Gasteiger partial charge in [-0.3, -0.25) is 14.5 Å². The van der Waals surface area contributed by atoms with E-state index in [0.717, 1.165) is 0 Å². The van der Waals surface area contributed by atoms with E-state index in [1.807, 2.05) is 0 Å². The van der Waals surface area contributed by atoms with Crippen LogP contribution < -0.4 is 11.5 Å². The second kappa shape index (κ2) is 6.94. The zero-order valence-corrected chi connectivity index (χ0v) is 8.86. The first-order valence-corrected chi connectivity index (χ1v) is 4.70. The maximum atomic E-state index is 10.7. The first-order chi connectivity index (χ1) is 6.91. The summed E-state index contributed by atoms with van der Waals surface area (Å²) >= 11 is 0. The molecule has 0 aliphatic rings. The third kappa shape index (κ3) is 8.89. The largest absolute Gasteiger partial charge is 0.369 e. The third-order valence-corrected chi connectivity index (χ3v) is 1.76. The van der Waals surface area contributed by atoms with Gasteiger partial charge < -0.3 is 16.3 Å². The van der Waals surface area contributed by atoms with Crippen molar-refractivity contribution >= 4 is 17.6 Å². The molecule has 0 rings (SSSR count). The number of nitrogens with two attached hydrogens (primary N) is 2. The number of hydrogen-bond donors (Lipinski definition) is 2. The summed E-state index contributed by atoms with van der Waals surface area (Å²) in [7, 11) is 0. The Morgan fingerprint density at radius 3 is 1.87 bits per heavy atom. The van der Waals surface area contributed by atoms with Crippen molar-refractivity contribution < 1.29 is 14.4 Å². The molecule has 0 aliphatic heterocycles. The van der Waals surface area contributed by atoms with Crippen molar-refractivity contribution in [2.45, 2.75) is 19.8 Å². The van der Waals surface area contributed by atoms with E-state index in [1.54, 1.807) is 0 Å². The molecule has 6 nitrogen and oxygen atoms in total. The van der Waals surface area contributed by atoms with Crippen molar-refractivity contribution in [1.82, 2.24) is 4.90 Å². The highest BCUT2D eigenvalue weighted by molar-refractivity contribution is 5.79. The summed E-state index contributed by atoms with van der Waals surface area (Å²) in [6, 6.07) is 0. The van der Waals surface area contributed by atoms with E-state index in [2.05, 4.69) is 0 Å². The second-order valence-corrected chi connectivity index (χ2v) is 3.45. The number of rotatable bonds is 8. The normalized spacial score (nSPS) is 10.3. The molecule has 0 heterocycles. The van der Waals surface area contributed by atoms with Crippen molar-refractivity contribution in [3.05, 3.63) is 0 Å². The number of carbonyl (C=O) groups is 3. The maximum absolute atomic E-state index is 10.7. The Morgan fingerprint density at radius 1 is 1.07 bits per heavy atom. The molecule has 2 amide bonds. The van der Waals surface area contributed by atoms with E-state index in [0.29, 0.717) is 19.4 Å². The molecule has 0 aromatic rings. The third-order valence-electron chi connectivity index (χ3n) is 1.76. The van der Waals surface area contributed by atoms with Gasteiger partial charge in [0, 0.05) is 6.42 Å². The van der Waals surface area contributed by atoms with Crippen molar-refractivity contribution in [1.29, 1.82) is 0 Å². The average molecular weight is 215 g/mol. The molecule has 0 radical (unpaired) electrons. The van der Waals surface area contributed by atoms with Gasteiger partial charge in [-0.25, -0.2) is 0 Å². The van der Waals surface area contributed by atoms with Crippen molar-refractivity contribution in [3.8, 4) is 0 Å². The molecule has 15 heavy (non-hydrogen) atoms. The molecule has 0 aromatic carbocycles. The van der Waals surface area contributed by atoms with Crippen LogP contribution in [0.15, 0.2) is 0 Å². The Labute approximate surface area is 88.6 Å². The summed E-state index contributed by atoms with van der Waals surface area (Å²) < 4.78 is 0. The quantitative estimate of drug-likeness (QED) is 0.520. The van der Waals surface area contributed by atoms with Crippen LogP contribution in [0.25, 0.3) is 0 Å². The molecule has 6 heteroatoms. The Morgan fingerprint density at radius 2 is 1.53 bits per heavy atom. The van der Waals surface area contributed by atoms with E-state index in [9.17, 15) is 14.4 Å². The first-order valence-electron chi connectivity index (χ1n) is 4.70. The number of nitrogens with zero attached hydrogens (tertiary/aromatic N) is 1. The van der Waals surface area contributed by atoms with Crippen molar-refractivity contribution in [2.75, 3.05) is 19.6 Å². The summed E-state index contributed by atoms with van der Waals surface area (Å²) in [6.07, 6.45) is 1.02. The predicted molar refractivity (Wildman–Crippen MR) is 54.7 cm³/mol. The van der Waals surface area contributed by atoms with Crippen LogP contribution >= 0.6 is 0 Å². The molecule has 0 unspecified atom stereocenters. The highest BCUT2D eigenvalue weighted by atomic mass is 16.2. The smallest absolute Gasteiger partial charge is 0.231 e. The van der Waals surface area contributed by atoms with Crippen LogP contribution in [0.4, 0.5) is 0 Å². The number of primary amides is 2. The van der Waals surface area contributed by atoms with Crippen LogP contribution in [0, 0.1) is 0 Å². The lowest BCUT2D eigenvalue weighted by Crippen LogP contribution is -2.40. The fourth-order valence-corrected chi connectivity index (χ4v) is 1.21. The van der Waals surface area contributed by atoms with Crippen LogP contribution in [0.3, 0.4) is 0 Å². The number of carbonyl (C=O) groups excluding carboxylic acids is 3. The molecule has 0 fully saturated rings. The zero-order chi connectivity index (χ0) is 11.8. The van der Waals surface area contributed by atoms with Gasteiger partial charge in [-0.05, 0) is 19.9 Å². The van der Waals surface area contributed by atoms with Gasteiger partial charge in [0.1, 0.15) is 5.78 Å². The van der Waals surface area contributed by atoms with Crippen LogP contribution in [0.2, 0.25) is 0 Å². The van der Waals surface area contributed by atoms with E-state index < -0.39 is 11.8 Å². The summed E-state index contributed by atoms with van der Waals surface area (Å²) in [5, 5.41) is 0. The summed E-state index contributed by atoms with van der Waals surface area (Å²) in [6.45, 7) is 1.93. The zero-order valence-electron chi connectivity index (χ0n) is 8.86. The van der Waals surface area contributed by atoms with Crippen molar-refractivity contribution in [3.63, 3.8) is 0 Å². The van der Waals surface area contributed by atoms with Gasteiger partial charge in [-0.2, -0.15) is 0 Å². The minimum absolute atomic E-state index is 0.0131. The number of ketones is 1. The molecule has 0 atom stereocenters. The van der Waals surface area contributed by atoms with Gasteiger partial charge in [-0.15, -0.1) is 0 Å². The maximum Gasteiger partial charge on any atom is 0.231 e. The number of amides is 2. The SMILES string of the molecule is CC(=O)CCCN(CC(N)=O)CC(N)=O. The highest BCUT2D eigenvalue weighted by Gasteiger charge is 2.10.